The standard InChI is InChI=1S/C19H19ClFN5O2/c1-4-8-24-11(2)9-25-15-16(22-18(24)25)23(3)19(28)26(17(15)27)10-12-13(20)6-5-7-14(12)21/h4-7,9,15-16H,1,8,10H2,2-3H3. The van der Waals surface area contributed by atoms with Gasteiger partial charge < -0.3 is 14.7 Å². The largest absolute Gasteiger partial charge is 0.328 e. The summed E-state index contributed by atoms with van der Waals surface area (Å²) in [7, 11) is 1.59. The molecule has 0 aromatic heterocycles. The van der Waals surface area contributed by atoms with E-state index in [9.17, 15) is 14.0 Å². The summed E-state index contributed by atoms with van der Waals surface area (Å²) in [5, 5.41) is 0.169. The van der Waals surface area contributed by atoms with Crippen molar-refractivity contribution in [3.8, 4) is 0 Å². The van der Waals surface area contributed by atoms with Gasteiger partial charge in [-0.25, -0.2) is 14.2 Å². The van der Waals surface area contributed by atoms with Gasteiger partial charge in [0.15, 0.2) is 12.2 Å². The van der Waals surface area contributed by atoms with E-state index in [2.05, 4.69) is 11.6 Å². The number of hydrogen-bond donors (Lipinski definition) is 0. The number of fused-ring (bicyclic) bond motifs is 3. The highest BCUT2D eigenvalue weighted by atomic mass is 35.5. The van der Waals surface area contributed by atoms with Gasteiger partial charge in [-0.3, -0.25) is 9.69 Å². The first-order valence-corrected chi connectivity index (χ1v) is 9.17. The van der Waals surface area contributed by atoms with Crippen molar-refractivity contribution in [1.82, 2.24) is 19.6 Å². The zero-order valence-corrected chi connectivity index (χ0v) is 16.2. The molecule has 3 aliphatic rings. The molecule has 2 unspecified atom stereocenters. The third-order valence-corrected chi connectivity index (χ3v) is 5.55. The molecule has 1 aromatic rings. The summed E-state index contributed by atoms with van der Waals surface area (Å²) in [5.74, 6) is -0.392. The summed E-state index contributed by atoms with van der Waals surface area (Å²) in [5.41, 5.74) is 1.03. The van der Waals surface area contributed by atoms with Gasteiger partial charge >= 0.3 is 6.03 Å². The predicted octanol–water partition coefficient (Wildman–Crippen LogP) is 2.60. The van der Waals surface area contributed by atoms with Crippen molar-refractivity contribution < 1.29 is 14.0 Å². The van der Waals surface area contributed by atoms with Crippen molar-refractivity contribution in [3.05, 3.63) is 59.2 Å². The van der Waals surface area contributed by atoms with E-state index in [1.54, 1.807) is 18.0 Å². The average molecular weight is 404 g/mol. The minimum atomic E-state index is -0.701. The fourth-order valence-corrected chi connectivity index (χ4v) is 3.97. The lowest BCUT2D eigenvalue weighted by Gasteiger charge is -2.40. The van der Waals surface area contributed by atoms with Gasteiger partial charge in [0, 0.05) is 36.1 Å². The number of aliphatic imine (C=N–C) groups is 1. The summed E-state index contributed by atoms with van der Waals surface area (Å²) in [4.78, 5) is 36.8. The molecule has 0 saturated carbocycles. The zero-order chi connectivity index (χ0) is 20.2. The molecule has 3 aliphatic heterocycles. The fourth-order valence-electron chi connectivity index (χ4n) is 3.74. The molecule has 28 heavy (non-hydrogen) atoms. The van der Waals surface area contributed by atoms with E-state index in [-0.39, 0.29) is 17.1 Å². The molecular weight excluding hydrogens is 385 g/mol. The Balaban J connectivity index is 1.68. The quantitative estimate of drug-likeness (QED) is 0.725. The number of halogens is 2. The van der Waals surface area contributed by atoms with E-state index in [4.69, 9.17) is 11.6 Å². The van der Waals surface area contributed by atoms with Crippen LogP contribution in [-0.2, 0) is 11.3 Å². The lowest BCUT2D eigenvalue weighted by atomic mass is 10.1. The predicted molar refractivity (Wildman–Crippen MR) is 103 cm³/mol. The number of likely N-dealkylation sites (N-methyl/N-ethyl adjacent to an activating group) is 1. The summed E-state index contributed by atoms with van der Waals surface area (Å²) >= 11 is 6.09. The first-order chi connectivity index (χ1) is 13.3. The van der Waals surface area contributed by atoms with Crippen LogP contribution in [0.15, 0.2) is 47.7 Å². The van der Waals surface area contributed by atoms with Crippen molar-refractivity contribution in [1.29, 1.82) is 0 Å². The Kier molecular flexibility index (Phi) is 4.38. The van der Waals surface area contributed by atoms with E-state index >= 15 is 0 Å². The Hall–Kier alpha value is -2.87. The lowest BCUT2D eigenvalue weighted by Crippen LogP contribution is -2.63. The van der Waals surface area contributed by atoms with Crippen LogP contribution in [0.1, 0.15) is 12.5 Å². The molecule has 4 rings (SSSR count). The topological polar surface area (TPSA) is 59.5 Å². The molecule has 0 aliphatic carbocycles. The van der Waals surface area contributed by atoms with Crippen LogP contribution in [-0.4, -0.2) is 63.3 Å². The number of nitrogens with zero attached hydrogens (tertiary/aromatic N) is 5. The average Bonchev–Trinajstić information content (AvgIpc) is 3.15. The highest BCUT2D eigenvalue weighted by Gasteiger charge is 2.54. The molecule has 0 bridgehead atoms. The Labute approximate surface area is 167 Å². The first-order valence-electron chi connectivity index (χ1n) is 8.79. The number of urea groups is 1. The van der Waals surface area contributed by atoms with Gasteiger partial charge in [0.2, 0.25) is 5.96 Å². The summed E-state index contributed by atoms with van der Waals surface area (Å²) in [6.45, 7) is 5.97. The molecule has 3 heterocycles. The number of hydrogen-bond acceptors (Lipinski definition) is 5. The number of carbonyl (C=O) groups excluding carboxylic acids is 2. The Bertz CT molecular complexity index is 926. The smallest absolute Gasteiger partial charge is 0.311 e. The van der Waals surface area contributed by atoms with Crippen molar-refractivity contribution in [2.24, 2.45) is 4.99 Å². The van der Waals surface area contributed by atoms with Gasteiger partial charge in [0.1, 0.15) is 5.82 Å². The van der Waals surface area contributed by atoms with Gasteiger partial charge in [0.05, 0.1) is 6.54 Å². The minimum Gasteiger partial charge on any atom is -0.311 e. The SMILES string of the molecule is C=CCN1C(C)=CN2C1=NC1C2C(=O)N(Cc2c(F)cccc2Cl)C(=O)N1C. The van der Waals surface area contributed by atoms with E-state index in [1.165, 1.54) is 23.1 Å². The molecule has 7 nitrogen and oxygen atoms in total. The second-order valence-electron chi connectivity index (χ2n) is 6.88. The molecule has 0 spiro atoms. The maximum Gasteiger partial charge on any atom is 0.328 e. The lowest BCUT2D eigenvalue weighted by molar-refractivity contribution is -0.137. The number of allylic oxidation sites excluding steroid dienone is 1. The maximum atomic E-state index is 14.2. The Morgan fingerprint density at radius 1 is 1.32 bits per heavy atom. The number of guanidine groups is 1. The van der Waals surface area contributed by atoms with Crippen LogP contribution < -0.4 is 0 Å². The maximum absolute atomic E-state index is 14.2. The molecule has 2 atom stereocenters. The molecule has 146 valence electrons. The summed E-state index contributed by atoms with van der Waals surface area (Å²) in [6.07, 6.45) is 2.94. The van der Waals surface area contributed by atoms with Gasteiger partial charge in [0.25, 0.3) is 5.91 Å². The van der Waals surface area contributed by atoms with Crippen molar-refractivity contribution in [3.63, 3.8) is 0 Å². The summed E-state index contributed by atoms with van der Waals surface area (Å²) in [6, 6.07) is 3.03. The van der Waals surface area contributed by atoms with Crippen LogP contribution in [0.2, 0.25) is 5.02 Å². The van der Waals surface area contributed by atoms with Crippen molar-refractivity contribution >= 4 is 29.5 Å². The van der Waals surface area contributed by atoms with Gasteiger partial charge in [-0.15, -0.1) is 6.58 Å². The number of amides is 3. The number of rotatable bonds is 4. The van der Waals surface area contributed by atoms with Gasteiger partial charge in [-0.2, -0.15) is 0 Å². The van der Waals surface area contributed by atoms with Crippen LogP contribution in [0.3, 0.4) is 0 Å². The molecule has 0 N–H and O–H groups in total. The van der Waals surface area contributed by atoms with E-state index in [0.717, 1.165) is 10.6 Å². The number of imide groups is 1. The van der Waals surface area contributed by atoms with Crippen LogP contribution in [0.25, 0.3) is 0 Å². The van der Waals surface area contributed by atoms with Crippen molar-refractivity contribution in [2.75, 3.05) is 13.6 Å². The third kappa shape index (κ3) is 2.59. The molecule has 0 radical (unpaired) electrons. The molecular formula is C19H19ClFN5O2. The summed E-state index contributed by atoms with van der Waals surface area (Å²) < 4.78 is 14.2. The second-order valence-corrected chi connectivity index (χ2v) is 7.29. The molecule has 1 aromatic carbocycles. The van der Waals surface area contributed by atoms with Crippen LogP contribution in [0, 0.1) is 5.82 Å². The molecule has 1 saturated heterocycles. The van der Waals surface area contributed by atoms with Gasteiger partial charge in [-0.05, 0) is 19.1 Å². The first kappa shape index (κ1) is 18.5. The van der Waals surface area contributed by atoms with Crippen LogP contribution in [0.4, 0.5) is 9.18 Å². The molecule has 9 heteroatoms. The second kappa shape index (κ2) is 6.63. The molecule has 1 fully saturated rings. The van der Waals surface area contributed by atoms with Crippen molar-refractivity contribution in [2.45, 2.75) is 25.7 Å². The van der Waals surface area contributed by atoms with Gasteiger partial charge in [-0.1, -0.05) is 23.7 Å². The number of carbonyl (C=O) groups is 2. The monoisotopic (exact) mass is 403 g/mol. The molecule has 3 amide bonds. The highest BCUT2D eigenvalue weighted by Crippen LogP contribution is 2.35. The third-order valence-electron chi connectivity index (χ3n) is 5.19. The normalized spacial score (nSPS) is 23.7. The fraction of sp³-hybridized carbons (Fsp3) is 0.316. The van der Waals surface area contributed by atoms with E-state index in [0.29, 0.717) is 12.5 Å². The minimum absolute atomic E-state index is 0.110. The Morgan fingerprint density at radius 3 is 2.75 bits per heavy atom. The van der Waals surface area contributed by atoms with Crippen LogP contribution >= 0.6 is 11.6 Å². The highest BCUT2D eigenvalue weighted by molar-refractivity contribution is 6.31. The zero-order valence-electron chi connectivity index (χ0n) is 15.5. The Morgan fingerprint density at radius 2 is 2.07 bits per heavy atom. The number of benzene rings is 1. The van der Waals surface area contributed by atoms with E-state index < -0.39 is 30.0 Å². The van der Waals surface area contributed by atoms with Crippen LogP contribution in [0.5, 0.6) is 0 Å². The van der Waals surface area contributed by atoms with E-state index in [1.807, 2.05) is 18.0 Å².